The lowest BCUT2D eigenvalue weighted by Crippen LogP contribution is -2.30. The van der Waals surface area contributed by atoms with Gasteiger partial charge in [0, 0.05) is 11.8 Å². The van der Waals surface area contributed by atoms with Crippen molar-refractivity contribution in [2.45, 2.75) is 13.0 Å². The minimum absolute atomic E-state index is 0.0692. The van der Waals surface area contributed by atoms with Crippen molar-refractivity contribution in [1.82, 2.24) is 0 Å². The van der Waals surface area contributed by atoms with Gasteiger partial charge in [-0.3, -0.25) is 14.9 Å². The molecule has 1 atom stereocenters. The number of carbonyl (C=O) groups excluding carboxylic acids is 2. The van der Waals surface area contributed by atoms with Gasteiger partial charge in [0.15, 0.2) is 6.10 Å². The number of hydrogen-bond acceptors (Lipinski definition) is 5. The van der Waals surface area contributed by atoms with Crippen LogP contribution in [0.4, 0.5) is 15.8 Å². The topological polar surface area (TPSA) is 98.5 Å². The van der Waals surface area contributed by atoms with Crippen LogP contribution in [0.3, 0.4) is 0 Å². The first-order valence-electron chi connectivity index (χ1n) is 6.99. The zero-order valence-electron chi connectivity index (χ0n) is 12.9. The Morgan fingerprint density at radius 3 is 2.64 bits per heavy atom. The molecule has 130 valence electrons. The maximum absolute atomic E-state index is 13.1. The third kappa shape index (κ3) is 4.83. The van der Waals surface area contributed by atoms with E-state index in [0.717, 1.165) is 12.1 Å². The van der Waals surface area contributed by atoms with Gasteiger partial charge < -0.3 is 10.1 Å². The van der Waals surface area contributed by atoms with Crippen LogP contribution in [0.5, 0.6) is 0 Å². The maximum Gasteiger partial charge on any atom is 0.339 e. The molecule has 0 bridgehead atoms. The highest BCUT2D eigenvalue weighted by molar-refractivity contribution is 9.10. The number of rotatable bonds is 5. The van der Waals surface area contributed by atoms with Crippen molar-refractivity contribution in [3.8, 4) is 0 Å². The van der Waals surface area contributed by atoms with Crippen LogP contribution in [-0.4, -0.2) is 22.9 Å². The van der Waals surface area contributed by atoms with Gasteiger partial charge in [-0.25, -0.2) is 9.18 Å². The Balaban J connectivity index is 2.05. The van der Waals surface area contributed by atoms with Crippen LogP contribution in [0.25, 0.3) is 0 Å². The fourth-order valence-corrected chi connectivity index (χ4v) is 2.26. The molecule has 0 aliphatic rings. The number of nitrogens with zero attached hydrogens (tertiary/aromatic N) is 1. The summed E-state index contributed by atoms with van der Waals surface area (Å²) in [7, 11) is 0. The zero-order chi connectivity index (χ0) is 18.6. The van der Waals surface area contributed by atoms with E-state index in [9.17, 15) is 24.1 Å². The van der Waals surface area contributed by atoms with Crippen LogP contribution in [0, 0.1) is 15.9 Å². The first kappa shape index (κ1) is 18.5. The number of esters is 1. The lowest BCUT2D eigenvalue weighted by atomic mass is 10.2. The lowest BCUT2D eigenvalue weighted by molar-refractivity contribution is -0.385. The number of amides is 1. The Labute approximate surface area is 150 Å². The highest BCUT2D eigenvalue weighted by Gasteiger charge is 2.22. The van der Waals surface area contributed by atoms with Crippen molar-refractivity contribution in [2.24, 2.45) is 0 Å². The van der Waals surface area contributed by atoms with E-state index in [4.69, 9.17) is 4.74 Å². The van der Waals surface area contributed by atoms with Crippen LogP contribution < -0.4 is 5.32 Å². The second-order valence-electron chi connectivity index (χ2n) is 4.97. The van der Waals surface area contributed by atoms with E-state index in [1.54, 1.807) is 0 Å². The zero-order valence-corrected chi connectivity index (χ0v) is 14.4. The summed E-state index contributed by atoms with van der Waals surface area (Å²) in [6.45, 7) is 1.33. The van der Waals surface area contributed by atoms with Gasteiger partial charge in [-0.15, -0.1) is 0 Å². The molecule has 7 nitrogen and oxygen atoms in total. The van der Waals surface area contributed by atoms with Crippen LogP contribution in [0.2, 0.25) is 0 Å². The number of hydrogen-bond donors (Lipinski definition) is 1. The quantitative estimate of drug-likeness (QED) is 0.460. The first-order valence-corrected chi connectivity index (χ1v) is 7.78. The summed E-state index contributed by atoms with van der Waals surface area (Å²) in [5.41, 5.74) is -0.154. The Morgan fingerprint density at radius 1 is 1.28 bits per heavy atom. The second-order valence-corrected chi connectivity index (χ2v) is 5.82. The highest BCUT2D eigenvalue weighted by atomic mass is 79.9. The van der Waals surface area contributed by atoms with Gasteiger partial charge in [-0.2, -0.15) is 0 Å². The largest absolute Gasteiger partial charge is 0.449 e. The van der Waals surface area contributed by atoms with E-state index in [2.05, 4.69) is 21.2 Å². The van der Waals surface area contributed by atoms with E-state index in [1.165, 1.54) is 37.3 Å². The molecule has 0 fully saturated rings. The fraction of sp³-hybridized carbons (Fsp3) is 0.125. The normalized spacial score (nSPS) is 11.5. The summed E-state index contributed by atoms with van der Waals surface area (Å²) in [6, 6.07) is 8.95. The van der Waals surface area contributed by atoms with Crippen molar-refractivity contribution >= 4 is 39.2 Å². The molecular formula is C16H12BrFN2O5. The SMILES string of the molecule is C[C@H](OC(=O)c1ccc(Br)c([N+](=O)[O-])c1)C(=O)Nc1cccc(F)c1. The highest BCUT2D eigenvalue weighted by Crippen LogP contribution is 2.26. The maximum atomic E-state index is 13.1. The van der Waals surface area contributed by atoms with Crippen LogP contribution >= 0.6 is 15.9 Å². The third-order valence-corrected chi connectivity index (χ3v) is 3.79. The summed E-state index contributed by atoms with van der Waals surface area (Å²) in [6.07, 6.45) is -1.18. The van der Waals surface area contributed by atoms with Gasteiger partial charge in [-0.1, -0.05) is 6.07 Å². The van der Waals surface area contributed by atoms with E-state index in [1.807, 2.05) is 0 Å². The van der Waals surface area contributed by atoms with Gasteiger partial charge in [-0.05, 0) is 53.2 Å². The summed E-state index contributed by atoms with van der Waals surface area (Å²) in [5.74, 6) is -2.08. The molecule has 0 unspecified atom stereocenters. The number of anilines is 1. The molecule has 0 spiro atoms. The van der Waals surface area contributed by atoms with Crippen LogP contribution in [0.1, 0.15) is 17.3 Å². The smallest absolute Gasteiger partial charge is 0.339 e. The Bertz CT molecular complexity index is 843. The number of nitrogens with one attached hydrogen (secondary N) is 1. The molecule has 0 aliphatic heterocycles. The minimum atomic E-state index is -1.18. The van der Waals surface area contributed by atoms with Crippen molar-refractivity contribution in [3.63, 3.8) is 0 Å². The van der Waals surface area contributed by atoms with Crippen molar-refractivity contribution in [1.29, 1.82) is 0 Å². The molecule has 0 heterocycles. The number of benzene rings is 2. The number of ether oxygens (including phenoxy) is 1. The van der Waals surface area contributed by atoms with E-state index in [-0.39, 0.29) is 21.4 Å². The Morgan fingerprint density at radius 2 is 2.00 bits per heavy atom. The van der Waals surface area contributed by atoms with Crippen molar-refractivity contribution in [2.75, 3.05) is 5.32 Å². The number of nitro groups is 1. The number of nitro benzene ring substituents is 1. The average Bonchev–Trinajstić information content (AvgIpc) is 2.54. The predicted octanol–water partition coefficient (Wildman–Crippen LogP) is 3.68. The summed E-state index contributed by atoms with van der Waals surface area (Å²) in [4.78, 5) is 34.3. The molecule has 2 aromatic carbocycles. The second kappa shape index (κ2) is 7.84. The first-order chi connectivity index (χ1) is 11.8. The third-order valence-electron chi connectivity index (χ3n) is 3.12. The van der Waals surface area contributed by atoms with E-state index in [0.29, 0.717) is 0 Å². The summed E-state index contributed by atoms with van der Waals surface area (Å²) < 4.78 is 18.3. The van der Waals surface area contributed by atoms with Gasteiger partial charge in [0.05, 0.1) is 15.0 Å². The molecule has 0 saturated carbocycles. The van der Waals surface area contributed by atoms with E-state index >= 15 is 0 Å². The monoisotopic (exact) mass is 410 g/mol. The molecule has 25 heavy (non-hydrogen) atoms. The predicted molar refractivity (Wildman–Crippen MR) is 90.7 cm³/mol. The van der Waals surface area contributed by atoms with Gasteiger partial charge in [0.1, 0.15) is 5.82 Å². The molecule has 0 aromatic heterocycles. The van der Waals surface area contributed by atoms with Crippen LogP contribution in [-0.2, 0) is 9.53 Å². The number of halogens is 2. The number of carbonyl (C=O) groups is 2. The molecule has 0 saturated heterocycles. The Hall–Kier alpha value is -2.81. The lowest BCUT2D eigenvalue weighted by Gasteiger charge is -2.13. The molecule has 1 N–H and O–H groups in total. The standard InChI is InChI=1S/C16H12BrFN2O5/c1-9(15(21)19-12-4-2-3-11(18)8-12)25-16(22)10-5-6-13(17)14(7-10)20(23)24/h2-9H,1H3,(H,19,21)/t9-/m0/s1. The molecular weight excluding hydrogens is 399 g/mol. The fourth-order valence-electron chi connectivity index (χ4n) is 1.87. The molecule has 2 rings (SSSR count). The average molecular weight is 411 g/mol. The molecule has 0 aliphatic carbocycles. The molecule has 0 radical (unpaired) electrons. The summed E-state index contributed by atoms with van der Waals surface area (Å²) >= 11 is 3.01. The Kier molecular flexibility index (Phi) is 5.81. The molecule has 2 aromatic rings. The summed E-state index contributed by atoms with van der Waals surface area (Å²) in [5, 5.41) is 13.3. The van der Waals surface area contributed by atoms with Gasteiger partial charge in [0.2, 0.25) is 0 Å². The van der Waals surface area contributed by atoms with Crippen molar-refractivity contribution in [3.05, 3.63) is 68.4 Å². The van der Waals surface area contributed by atoms with Gasteiger partial charge >= 0.3 is 5.97 Å². The van der Waals surface area contributed by atoms with E-state index < -0.39 is 28.7 Å². The minimum Gasteiger partial charge on any atom is -0.449 e. The molecule has 9 heteroatoms. The van der Waals surface area contributed by atoms with Crippen molar-refractivity contribution < 1.29 is 23.6 Å². The molecule has 1 amide bonds. The van der Waals surface area contributed by atoms with Gasteiger partial charge in [0.25, 0.3) is 11.6 Å². The van der Waals surface area contributed by atoms with Crippen LogP contribution in [0.15, 0.2) is 46.9 Å².